The minimum Gasteiger partial charge on any atom is -0.497 e. The number of carbonyl (C=O) groups is 1. The summed E-state index contributed by atoms with van der Waals surface area (Å²) >= 11 is 0. The number of aromatic nitrogens is 4. The number of benzene rings is 3. The van der Waals surface area contributed by atoms with Gasteiger partial charge in [0.1, 0.15) is 23.1 Å². The van der Waals surface area contributed by atoms with Gasteiger partial charge in [0.05, 0.1) is 31.5 Å². The standard InChI is InChI=1S/C33H34N6O3/c1-23-10-12-24(13-11-23)18-30-35-31(29-22-34-39(32(29)36-30)26-8-5-4-6-9-26)37-14-7-15-38(17-16-37)33(40)25-19-27(41-2)21-28(20-25)42-3/h4-6,8-13,19-22H,7,14-18H2,1-3H3. The van der Waals surface area contributed by atoms with Gasteiger partial charge in [-0.3, -0.25) is 4.79 Å². The van der Waals surface area contributed by atoms with Crippen LogP contribution in [-0.2, 0) is 6.42 Å². The van der Waals surface area contributed by atoms with Gasteiger partial charge in [-0.15, -0.1) is 0 Å². The lowest BCUT2D eigenvalue weighted by Crippen LogP contribution is -2.35. The molecule has 0 N–H and O–H groups in total. The minimum atomic E-state index is -0.0427. The average Bonchev–Trinajstić information content (AvgIpc) is 3.30. The van der Waals surface area contributed by atoms with Crippen LogP contribution in [-0.4, -0.2) is 71.0 Å². The zero-order valence-corrected chi connectivity index (χ0v) is 24.2. The van der Waals surface area contributed by atoms with Crippen molar-refractivity contribution < 1.29 is 14.3 Å². The van der Waals surface area contributed by atoms with Gasteiger partial charge >= 0.3 is 0 Å². The third-order valence-electron chi connectivity index (χ3n) is 7.62. The second-order valence-electron chi connectivity index (χ2n) is 10.5. The molecule has 42 heavy (non-hydrogen) atoms. The summed E-state index contributed by atoms with van der Waals surface area (Å²) in [4.78, 5) is 27.8. The van der Waals surface area contributed by atoms with E-state index in [1.54, 1.807) is 32.4 Å². The maximum atomic E-state index is 13.5. The third kappa shape index (κ3) is 5.63. The van der Waals surface area contributed by atoms with E-state index in [1.165, 1.54) is 5.56 Å². The zero-order valence-electron chi connectivity index (χ0n) is 24.2. The predicted molar refractivity (Wildman–Crippen MR) is 163 cm³/mol. The fraction of sp³-hybridized carbons (Fsp3) is 0.273. The molecule has 1 aliphatic rings. The first kappa shape index (κ1) is 27.3. The van der Waals surface area contributed by atoms with Crippen molar-refractivity contribution in [1.82, 2.24) is 24.6 Å². The first-order chi connectivity index (χ1) is 20.5. The van der Waals surface area contributed by atoms with E-state index in [2.05, 4.69) is 36.1 Å². The summed E-state index contributed by atoms with van der Waals surface area (Å²) in [6.07, 6.45) is 3.27. The Morgan fingerprint density at radius 2 is 1.60 bits per heavy atom. The molecule has 3 heterocycles. The molecule has 1 amide bonds. The number of aryl methyl sites for hydroxylation is 1. The Bertz CT molecular complexity index is 1680. The average molecular weight is 563 g/mol. The predicted octanol–water partition coefficient (Wildman–Crippen LogP) is 5.08. The lowest BCUT2D eigenvalue weighted by molar-refractivity contribution is 0.0766. The van der Waals surface area contributed by atoms with E-state index in [-0.39, 0.29) is 5.91 Å². The summed E-state index contributed by atoms with van der Waals surface area (Å²) in [6, 6.07) is 23.8. The fourth-order valence-corrected chi connectivity index (χ4v) is 5.35. The van der Waals surface area contributed by atoms with E-state index in [1.807, 2.05) is 46.1 Å². The SMILES string of the molecule is COc1cc(OC)cc(C(=O)N2CCCN(c3nc(Cc4ccc(C)cc4)nc4c3cnn4-c3ccccc3)CC2)c1. The quantitative estimate of drug-likeness (QED) is 0.273. The molecule has 1 aliphatic heterocycles. The molecule has 0 spiro atoms. The first-order valence-electron chi connectivity index (χ1n) is 14.2. The second kappa shape index (κ2) is 11.9. The number of ether oxygens (including phenoxy) is 2. The molecule has 6 rings (SSSR count). The maximum absolute atomic E-state index is 13.5. The molecular formula is C33H34N6O3. The van der Waals surface area contributed by atoms with Gasteiger partial charge < -0.3 is 19.3 Å². The number of amides is 1. The fourth-order valence-electron chi connectivity index (χ4n) is 5.35. The highest BCUT2D eigenvalue weighted by Crippen LogP contribution is 2.28. The molecule has 0 radical (unpaired) electrons. The second-order valence-corrected chi connectivity index (χ2v) is 10.5. The van der Waals surface area contributed by atoms with Crippen molar-refractivity contribution >= 4 is 22.8 Å². The van der Waals surface area contributed by atoms with Crippen LogP contribution >= 0.6 is 0 Å². The Morgan fingerprint density at radius 1 is 0.857 bits per heavy atom. The van der Waals surface area contributed by atoms with Crippen LogP contribution in [0.15, 0.2) is 79.0 Å². The smallest absolute Gasteiger partial charge is 0.254 e. The molecule has 3 aromatic carbocycles. The minimum absolute atomic E-state index is 0.0427. The van der Waals surface area contributed by atoms with Crippen LogP contribution in [0.5, 0.6) is 11.5 Å². The molecule has 0 bridgehead atoms. The van der Waals surface area contributed by atoms with Crippen molar-refractivity contribution in [3.63, 3.8) is 0 Å². The number of anilines is 1. The molecule has 1 saturated heterocycles. The Hall–Kier alpha value is -4.92. The molecule has 0 aliphatic carbocycles. The normalized spacial score (nSPS) is 13.7. The number of rotatable bonds is 7. The molecule has 0 saturated carbocycles. The van der Waals surface area contributed by atoms with Crippen LogP contribution in [0.2, 0.25) is 0 Å². The Balaban J connectivity index is 1.32. The van der Waals surface area contributed by atoms with Crippen LogP contribution in [0, 0.1) is 6.92 Å². The number of methoxy groups -OCH3 is 2. The van der Waals surface area contributed by atoms with Gasteiger partial charge in [-0.2, -0.15) is 5.10 Å². The van der Waals surface area contributed by atoms with Gasteiger partial charge in [-0.1, -0.05) is 48.0 Å². The number of hydrogen-bond acceptors (Lipinski definition) is 7. The van der Waals surface area contributed by atoms with Crippen LogP contribution in [0.25, 0.3) is 16.7 Å². The van der Waals surface area contributed by atoms with Crippen molar-refractivity contribution in [3.8, 4) is 17.2 Å². The highest BCUT2D eigenvalue weighted by molar-refractivity contribution is 5.95. The van der Waals surface area contributed by atoms with Crippen molar-refractivity contribution in [3.05, 3.63) is 102 Å². The highest BCUT2D eigenvalue weighted by Gasteiger charge is 2.25. The molecule has 2 aromatic heterocycles. The summed E-state index contributed by atoms with van der Waals surface area (Å²) < 4.78 is 12.7. The largest absolute Gasteiger partial charge is 0.497 e. The number of nitrogens with zero attached hydrogens (tertiary/aromatic N) is 6. The number of fused-ring (bicyclic) bond motifs is 1. The highest BCUT2D eigenvalue weighted by atomic mass is 16.5. The lowest BCUT2D eigenvalue weighted by atomic mass is 10.1. The summed E-state index contributed by atoms with van der Waals surface area (Å²) in [5, 5.41) is 5.61. The molecular weight excluding hydrogens is 528 g/mol. The van der Waals surface area contributed by atoms with Gasteiger partial charge in [-0.05, 0) is 43.2 Å². The van der Waals surface area contributed by atoms with Gasteiger partial charge in [0, 0.05) is 44.2 Å². The molecule has 1 fully saturated rings. The number of para-hydroxylation sites is 1. The van der Waals surface area contributed by atoms with Crippen molar-refractivity contribution in [2.75, 3.05) is 45.3 Å². The van der Waals surface area contributed by atoms with Crippen LogP contribution in [0.3, 0.4) is 0 Å². The summed E-state index contributed by atoms with van der Waals surface area (Å²) in [5.74, 6) is 2.73. The van der Waals surface area contributed by atoms with Gasteiger partial charge in [0.15, 0.2) is 5.65 Å². The Labute approximate surface area is 245 Å². The van der Waals surface area contributed by atoms with E-state index in [0.717, 1.165) is 46.9 Å². The van der Waals surface area contributed by atoms with Crippen molar-refractivity contribution in [2.24, 2.45) is 0 Å². The Kier molecular flexibility index (Phi) is 7.72. The van der Waals surface area contributed by atoms with Crippen molar-refractivity contribution in [1.29, 1.82) is 0 Å². The van der Waals surface area contributed by atoms with Gasteiger partial charge in [0.2, 0.25) is 0 Å². The third-order valence-corrected chi connectivity index (χ3v) is 7.62. The van der Waals surface area contributed by atoms with Crippen LogP contribution < -0.4 is 14.4 Å². The molecule has 0 atom stereocenters. The lowest BCUT2D eigenvalue weighted by Gasteiger charge is -2.24. The van der Waals surface area contributed by atoms with Crippen LogP contribution in [0.1, 0.15) is 33.7 Å². The molecule has 5 aromatic rings. The number of hydrogen-bond donors (Lipinski definition) is 0. The zero-order chi connectivity index (χ0) is 29.1. The maximum Gasteiger partial charge on any atom is 0.254 e. The van der Waals surface area contributed by atoms with E-state index in [4.69, 9.17) is 24.5 Å². The molecule has 214 valence electrons. The molecule has 9 heteroatoms. The first-order valence-corrected chi connectivity index (χ1v) is 14.2. The van der Waals surface area contributed by atoms with Crippen molar-refractivity contribution in [2.45, 2.75) is 19.8 Å². The van der Waals surface area contributed by atoms with E-state index >= 15 is 0 Å². The number of carbonyl (C=O) groups excluding carboxylic acids is 1. The van der Waals surface area contributed by atoms with E-state index in [9.17, 15) is 4.79 Å². The van der Waals surface area contributed by atoms with Gasteiger partial charge in [-0.25, -0.2) is 14.6 Å². The summed E-state index contributed by atoms with van der Waals surface area (Å²) in [7, 11) is 3.17. The topological polar surface area (TPSA) is 85.6 Å². The molecule has 9 nitrogen and oxygen atoms in total. The Morgan fingerprint density at radius 3 is 2.31 bits per heavy atom. The van der Waals surface area contributed by atoms with E-state index in [0.29, 0.717) is 43.1 Å². The summed E-state index contributed by atoms with van der Waals surface area (Å²) in [5.41, 5.74) is 4.63. The monoisotopic (exact) mass is 562 g/mol. The van der Waals surface area contributed by atoms with E-state index < -0.39 is 0 Å². The van der Waals surface area contributed by atoms with Gasteiger partial charge in [0.25, 0.3) is 5.91 Å². The molecule has 0 unspecified atom stereocenters. The summed E-state index contributed by atoms with van der Waals surface area (Å²) in [6.45, 7) is 4.69. The van der Waals surface area contributed by atoms with Crippen LogP contribution in [0.4, 0.5) is 5.82 Å².